The fraction of sp³-hybridized carbons (Fsp3) is 0.207. The maximum Gasteiger partial charge on any atom is 0.0540 e. The van der Waals surface area contributed by atoms with Crippen LogP contribution in [-0.2, 0) is 11.1 Å². The Morgan fingerprint density at radius 3 is 0.776 bits per heavy atom. The van der Waals surface area contributed by atoms with Gasteiger partial charge in [0.1, 0.15) is 0 Å². The highest BCUT2D eigenvalue weighted by molar-refractivity contribution is 9.11. The molecule has 8 aliphatic carbocycles. The quantitative estimate of drug-likeness (QED) is 0.0955. The number of hydrogen-bond acceptors (Lipinski definition) is 5. The van der Waals surface area contributed by atoms with Crippen LogP contribution in [0.2, 0.25) is 0 Å². The van der Waals surface area contributed by atoms with E-state index in [0.29, 0.717) is 0 Å². The molecule has 1 aliphatic heterocycles. The number of benzene rings is 16. The largest absolute Gasteiger partial charge is 0.311 e. The molecular formula is C121H105Br8N5. The van der Waals surface area contributed by atoms with Crippen molar-refractivity contribution in [2.75, 3.05) is 26.6 Å². The predicted molar refractivity (Wildman–Crippen MR) is 594 cm³/mol. The van der Waals surface area contributed by atoms with Gasteiger partial charge in [-0.25, -0.2) is 0 Å². The first-order valence-corrected chi connectivity index (χ1v) is 53.4. The minimum absolute atomic E-state index is 0.00521. The first-order chi connectivity index (χ1) is 65.1. The average molecular weight is 2270 g/mol. The van der Waals surface area contributed by atoms with E-state index in [-0.39, 0.29) is 11.1 Å². The first-order valence-electron chi connectivity index (χ1n) is 47.0. The van der Waals surface area contributed by atoms with Gasteiger partial charge >= 0.3 is 0 Å². The van der Waals surface area contributed by atoms with Crippen LogP contribution in [0.15, 0.2) is 400 Å². The molecular weight excluding hydrogens is 2160 g/mol. The Labute approximate surface area is 858 Å². The molecule has 1 heterocycles. The standard InChI is InChI=1S/C31H30Br2N2.C31H27Br2N.C30H25Br2N.C29H23Br2N/c1-30(2)28-19-8-22(20-29(28)31(3,4)34(30)5)21-6-13-25(14-7-21)35(26-15-9-23(32)10-16-26)27-17-11-24(33)12-18-27;32-24-11-15-26(16-12-24)34(27-17-13-25(33)14-18-27)31-7-2-1-6-29(31)23-10-19-28-21-4-3-5-22(9-8-21)30(28)20-23;31-23-10-14-25(15-11-23)33(26-16-12-24(32)13-17-26)30-4-2-1-3-28(30)22-9-18-27-20-5-7-21(8-6-20)29(27)19-22;30-22-8-12-24(13-9-22)32(25-14-10-23(31)11-15-25)29-4-2-1-3-27(29)21-7-16-26-19-5-6-20(17-19)28(26)18-21/h6-20H,1-5H3;1-2,6-7,10-22H,3-5,8-9H2;1-4,9-21H,5-8H2;1-4,7-16,18-20H,5-6,17H2. The normalized spacial score (nSPS) is 18.1. The van der Waals surface area contributed by atoms with Crippen LogP contribution in [0, 0.1) is 0 Å². The third kappa shape index (κ3) is 19.1. The van der Waals surface area contributed by atoms with E-state index in [4.69, 9.17) is 0 Å². The van der Waals surface area contributed by atoms with Gasteiger partial charge < -0.3 is 19.6 Å². The lowest BCUT2D eigenvalue weighted by molar-refractivity contribution is 0.0730. The number of fused-ring (bicyclic) bond motifs is 11. The first kappa shape index (κ1) is 92.2. The molecule has 3 saturated carbocycles. The predicted octanol–water partition coefficient (Wildman–Crippen LogP) is 40.1. The van der Waals surface area contributed by atoms with Crippen molar-refractivity contribution in [3.63, 3.8) is 0 Å². The zero-order chi connectivity index (χ0) is 92.0. The van der Waals surface area contributed by atoms with E-state index in [1.807, 2.05) is 0 Å². The van der Waals surface area contributed by atoms with E-state index >= 15 is 0 Å². The molecule has 4 atom stereocenters. The lowest BCUT2D eigenvalue weighted by Crippen LogP contribution is -2.42. The molecule has 134 heavy (non-hydrogen) atoms. The molecule has 0 amide bonds. The highest BCUT2D eigenvalue weighted by atomic mass is 79.9. The Hall–Kier alpha value is -9.48. The minimum atomic E-state index is -0.00521. The van der Waals surface area contributed by atoms with Crippen molar-refractivity contribution in [3.05, 3.63) is 444 Å². The molecule has 4 unspecified atom stereocenters. The SMILES string of the molecule is Brc1ccc(N(c2ccc(Br)cc2)c2ccccc2-c2ccc3c(c2)C2CCC3C2)cc1.Brc1ccc(N(c2ccc(Br)cc2)c2ccccc2-c2ccc3c(c2)C2CCC3CC2)cc1.Brc1ccc(N(c2ccc(Br)cc2)c2ccccc2-c2ccc3c(c2)C2CCCC3CC2)cc1.CN1C(C)(C)c2ccc(-c3ccc(N(c4ccc(Br)cc4)c4ccc(Br)cc4)cc3)cc2C1(C)C. The van der Waals surface area contributed by atoms with Gasteiger partial charge in [0.05, 0.1) is 17.1 Å². The third-order valence-corrected chi connectivity index (χ3v) is 33.8. The van der Waals surface area contributed by atoms with Gasteiger partial charge in [-0.15, -0.1) is 0 Å². The van der Waals surface area contributed by atoms with Gasteiger partial charge in [0, 0.05) is 115 Å². The molecule has 25 rings (SSSR count). The van der Waals surface area contributed by atoms with Crippen LogP contribution in [0.3, 0.4) is 0 Å². The van der Waals surface area contributed by atoms with E-state index in [1.165, 1.54) is 150 Å². The Morgan fingerprint density at radius 1 is 0.216 bits per heavy atom. The monoisotopic (exact) mass is 2260 g/mol. The number of anilines is 12. The van der Waals surface area contributed by atoms with Gasteiger partial charge in [-0.1, -0.05) is 267 Å². The molecule has 9 aliphatic rings. The molecule has 0 spiro atoms. The van der Waals surface area contributed by atoms with Crippen LogP contribution in [0.4, 0.5) is 68.2 Å². The lowest BCUT2D eigenvalue weighted by Gasteiger charge is -2.38. The summed E-state index contributed by atoms with van der Waals surface area (Å²) in [6.45, 7) is 9.27. The van der Waals surface area contributed by atoms with Crippen molar-refractivity contribution in [3.8, 4) is 44.5 Å². The second-order valence-electron chi connectivity index (χ2n) is 37.9. The van der Waals surface area contributed by atoms with E-state index in [9.17, 15) is 0 Å². The van der Waals surface area contributed by atoms with Crippen molar-refractivity contribution in [1.82, 2.24) is 4.90 Å². The van der Waals surface area contributed by atoms with Gasteiger partial charge in [-0.05, 0) is 444 Å². The summed E-state index contributed by atoms with van der Waals surface area (Å²) in [6.07, 6.45) is 16.3. The summed E-state index contributed by atoms with van der Waals surface area (Å²) in [5, 5.41) is 0. The highest BCUT2D eigenvalue weighted by Gasteiger charge is 2.47. The van der Waals surface area contributed by atoms with E-state index in [2.05, 4.69) is 551 Å². The fourth-order valence-corrected chi connectivity index (χ4v) is 24.5. The lowest BCUT2D eigenvalue weighted by atomic mass is 9.66. The number of halogens is 8. The zero-order valence-electron chi connectivity index (χ0n) is 75.9. The second-order valence-corrected chi connectivity index (χ2v) is 45.2. The molecule has 670 valence electrons. The summed E-state index contributed by atoms with van der Waals surface area (Å²) in [4.78, 5) is 11.8. The number of hydrogen-bond donors (Lipinski definition) is 0. The molecule has 0 N–H and O–H groups in total. The van der Waals surface area contributed by atoms with Crippen molar-refractivity contribution in [2.45, 2.75) is 151 Å². The summed E-state index contributed by atoms with van der Waals surface area (Å²) >= 11 is 28.7. The van der Waals surface area contributed by atoms with Crippen LogP contribution in [0.25, 0.3) is 44.5 Å². The van der Waals surface area contributed by atoms with Crippen LogP contribution in [-0.4, -0.2) is 11.9 Å². The van der Waals surface area contributed by atoms with E-state index in [1.54, 1.807) is 33.4 Å². The van der Waals surface area contributed by atoms with Crippen molar-refractivity contribution in [1.29, 1.82) is 0 Å². The molecule has 16 aromatic carbocycles. The summed E-state index contributed by atoms with van der Waals surface area (Å²) in [7, 11) is 2.23. The molecule has 13 heteroatoms. The summed E-state index contributed by atoms with van der Waals surface area (Å²) < 4.78 is 8.64. The maximum atomic E-state index is 3.60. The Kier molecular flexibility index (Phi) is 27.5. The highest BCUT2D eigenvalue weighted by Crippen LogP contribution is 2.58. The molecule has 0 saturated heterocycles. The summed E-state index contributed by atoms with van der Waals surface area (Å²) in [5.41, 5.74) is 36.5. The van der Waals surface area contributed by atoms with Gasteiger partial charge in [0.15, 0.2) is 0 Å². The molecule has 0 radical (unpaired) electrons. The van der Waals surface area contributed by atoms with Gasteiger partial charge in [-0.3, -0.25) is 4.90 Å². The van der Waals surface area contributed by atoms with Gasteiger partial charge in [-0.2, -0.15) is 0 Å². The topological polar surface area (TPSA) is 16.2 Å². The van der Waals surface area contributed by atoms with Crippen LogP contribution in [0.1, 0.15) is 185 Å². The Morgan fingerprint density at radius 2 is 0.448 bits per heavy atom. The number of rotatable bonds is 16. The minimum Gasteiger partial charge on any atom is -0.311 e. The van der Waals surface area contributed by atoms with E-state index < -0.39 is 0 Å². The Balaban J connectivity index is 0.000000111. The molecule has 0 aromatic heterocycles. The summed E-state index contributed by atoms with van der Waals surface area (Å²) in [5.74, 6) is 4.56. The van der Waals surface area contributed by atoms with E-state index in [0.717, 1.165) is 122 Å². The van der Waals surface area contributed by atoms with Crippen LogP contribution in [0.5, 0.6) is 0 Å². The molecule has 3 fully saturated rings. The maximum absolute atomic E-state index is 3.60. The van der Waals surface area contributed by atoms with Gasteiger partial charge in [0.2, 0.25) is 0 Å². The fourth-order valence-electron chi connectivity index (χ4n) is 22.4. The molecule has 16 aromatic rings. The molecule has 6 bridgehead atoms. The Bertz CT molecular complexity index is 6710. The number of para-hydroxylation sites is 3. The third-order valence-electron chi connectivity index (χ3n) is 29.5. The average Bonchev–Trinajstić information content (AvgIpc) is 1.56. The zero-order valence-corrected chi connectivity index (χ0v) is 88.5. The second kappa shape index (κ2) is 39.9. The van der Waals surface area contributed by atoms with Crippen LogP contribution >= 0.6 is 127 Å². The number of nitrogens with zero attached hydrogens (tertiary/aromatic N) is 5. The molecule has 5 nitrogen and oxygen atoms in total. The van der Waals surface area contributed by atoms with Crippen molar-refractivity contribution < 1.29 is 0 Å². The van der Waals surface area contributed by atoms with Crippen LogP contribution < -0.4 is 19.6 Å². The smallest absolute Gasteiger partial charge is 0.0540 e. The summed E-state index contributed by atoms with van der Waals surface area (Å²) in [6, 6.07) is 132. The van der Waals surface area contributed by atoms with Gasteiger partial charge in [0.25, 0.3) is 0 Å². The van der Waals surface area contributed by atoms with Crippen molar-refractivity contribution in [2.24, 2.45) is 0 Å². The van der Waals surface area contributed by atoms with Crippen molar-refractivity contribution >= 4 is 196 Å².